The summed E-state index contributed by atoms with van der Waals surface area (Å²) in [7, 11) is 0. The minimum atomic E-state index is -2.59. The lowest BCUT2D eigenvalue weighted by Gasteiger charge is -2.28. The van der Waals surface area contributed by atoms with Crippen LogP contribution in [0.2, 0.25) is 0 Å². The Bertz CT molecular complexity index is 587. The summed E-state index contributed by atoms with van der Waals surface area (Å²) in [5, 5.41) is 9.07. The first-order chi connectivity index (χ1) is 10.9. The average molecular weight is 328 g/mol. The van der Waals surface area contributed by atoms with Crippen LogP contribution in [0.1, 0.15) is 31.2 Å². The molecule has 2 heterocycles. The number of pyridine rings is 1. The lowest BCUT2D eigenvalue weighted by molar-refractivity contribution is -0.0588. The van der Waals surface area contributed by atoms with Gasteiger partial charge in [0.1, 0.15) is 12.7 Å². The molecule has 6 nitrogen and oxygen atoms in total. The van der Waals surface area contributed by atoms with Gasteiger partial charge in [0.25, 0.3) is 0 Å². The van der Waals surface area contributed by atoms with Crippen LogP contribution in [-0.4, -0.2) is 46.3 Å². The lowest BCUT2D eigenvalue weighted by Crippen LogP contribution is -2.31. The topological polar surface area (TPSA) is 71.9 Å². The Morgan fingerprint density at radius 1 is 1.39 bits per heavy atom. The molecular weight excluding hydrogens is 310 g/mol. The van der Waals surface area contributed by atoms with Crippen molar-refractivity contribution < 1.29 is 28.2 Å². The number of halogens is 2. The number of aromatic nitrogens is 1. The van der Waals surface area contributed by atoms with E-state index in [-0.39, 0.29) is 38.6 Å². The van der Waals surface area contributed by atoms with E-state index in [0.29, 0.717) is 30.2 Å². The van der Waals surface area contributed by atoms with Crippen molar-refractivity contribution in [2.24, 2.45) is 0 Å². The molecule has 0 spiro atoms. The van der Waals surface area contributed by atoms with Crippen LogP contribution in [-0.2, 0) is 6.54 Å². The van der Waals surface area contributed by atoms with Crippen LogP contribution in [0, 0.1) is 0 Å². The smallest absolute Gasteiger partial charge is 0.407 e. The Balaban J connectivity index is 1.67. The molecule has 1 aromatic rings. The summed E-state index contributed by atoms with van der Waals surface area (Å²) in [6.07, 6.45) is -1.05. The number of carboxylic acid groups (broad SMARTS) is 1. The third-order valence-electron chi connectivity index (χ3n) is 4.10. The van der Waals surface area contributed by atoms with Gasteiger partial charge in [-0.3, -0.25) is 0 Å². The molecule has 1 aliphatic carbocycles. The van der Waals surface area contributed by atoms with E-state index in [0.717, 1.165) is 0 Å². The van der Waals surface area contributed by atoms with Gasteiger partial charge in [-0.25, -0.2) is 13.6 Å². The second-order valence-corrected chi connectivity index (χ2v) is 5.84. The number of rotatable bonds is 2. The van der Waals surface area contributed by atoms with Crippen molar-refractivity contribution in [1.29, 1.82) is 0 Å². The Kier molecular flexibility index (Phi) is 4.23. The molecule has 0 unspecified atom stereocenters. The molecule has 23 heavy (non-hydrogen) atoms. The van der Waals surface area contributed by atoms with Gasteiger partial charge in [-0.05, 0) is 18.9 Å². The first kappa shape index (κ1) is 15.8. The minimum absolute atomic E-state index is 0.174. The van der Waals surface area contributed by atoms with E-state index < -0.39 is 12.0 Å². The number of ether oxygens (including phenoxy) is 2. The minimum Gasteiger partial charge on any atom is -0.475 e. The molecule has 1 aliphatic heterocycles. The molecule has 2 aliphatic rings. The zero-order valence-electron chi connectivity index (χ0n) is 12.5. The SMILES string of the molecule is O=C(O)N1CCOc2nc(OC3CCC(F)(F)CC3)ccc2C1. The number of alkyl halides is 2. The highest BCUT2D eigenvalue weighted by Crippen LogP contribution is 2.35. The van der Waals surface area contributed by atoms with E-state index in [1.165, 1.54) is 4.90 Å². The number of amides is 1. The van der Waals surface area contributed by atoms with E-state index in [4.69, 9.17) is 14.6 Å². The Hall–Kier alpha value is -2.12. The zero-order chi connectivity index (χ0) is 16.4. The standard InChI is InChI=1S/C15H18F2N2O4/c16-15(17)5-3-11(4-6-15)23-12-2-1-10-9-19(14(20)21)7-8-22-13(10)18-12/h1-2,11H,3-9H2,(H,20,21). The van der Waals surface area contributed by atoms with Gasteiger partial charge in [-0.15, -0.1) is 0 Å². The van der Waals surface area contributed by atoms with Gasteiger partial charge in [-0.1, -0.05) is 0 Å². The molecule has 0 bridgehead atoms. The number of hydrogen-bond donors (Lipinski definition) is 1. The molecule has 1 amide bonds. The maximum atomic E-state index is 13.1. The van der Waals surface area contributed by atoms with Crippen molar-refractivity contribution in [2.45, 2.75) is 44.3 Å². The molecule has 126 valence electrons. The molecule has 0 saturated heterocycles. The van der Waals surface area contributed by atoms with E-state index in [9.17, 15) is 13.6 Å². The highest BCUT2D eigenvalue weighted by atomic mass is 19.3. The monoisotopic (exact) mass is 328 g/mol. The zero-order valence-corrected chi connectivity index (χ0v) is 12.5. The van der Waals surface area contributed by atoms with Crippen LogP contribution in [0.25, 0.3) is 0 Å². The van der Waals surface area contributed by atoms with E-state index >= 15 is 0 Å². The number of carbonyl (C=O) groups is 1. The second kappa shape index (κ2) is 6.17. The maximum absolute atomic E-state index is 13.1. The van der Waals surface area contributed by atoms with Crippen LogP contribution >= 0.6 is 0 Å². The summed E-state index contributed by atoms with van der Waals surface area (Å²) < 4.78 is 37.4. The molecule has 1 fully saturated rings. The van der Waals surface area contributed by atoms with Gasteiger partial charge < -0.3 is 19.5 Å². The summed E-state index contributed by atoms with van der Waals surface area (Å²) in [4.78, 5) is 16.6. The highest BCUT2D eigenvalue weighted by molar-refractivity contribution is 5.65. The first-order valence-corrected chi connectivity index (χ1v) is 7.58. The van der Waals surface area contributed by atoms with Crippen LogP contribution < -0.4 is 9.47 Å². The van der Waals surface area contributed by atoms with Gasteiger partial charge >= 0.3 is 6.09 Å². The number of fused-ring (bicyclic) bond motifs is 1. The molecule has 1 aromatic heterocycles. The first-order valence-electron chi connectivity index (χ1n) is 7.58. The van der Waals surface area contributed by atoms with Crippen molar-refractivity contribution in [3.05, 3.63) is 17.7 Å². The van der Waals surface area contributed by atoms with Crippen LogP contribution in [0.3, 0.4) is 0 Å². The van der Waals surface area contributed by atoms with E-state index in [1.54, 1.807) is 12.1 Å². The summed E-state index contributed by atoms with van der Waals surface area (Å²) in [5.41, 5.74) is 0.660. The molecule has 1 N–H and O–H groups in total. The normalized spacial score (nSPS) is 21.0. The third kappa shape index (κ3) is 3.80. The summed E-state index contributed by atoms with van der Waals surface area (Å²) in [6.45, 7) is 0.679. The van der Waals surface area contributed by atoms with Crippen molar-refractivity contribution in [2.75, 3.05) is 13.2 Å². The second-order valence-electron chi connectivity index (χ2n) is 5.84. The van der Waals surface area contributed by atoms with Crippen molar-refractivity contribution >= 4 is 6.09 Å². The Morgan fingerprint density at radius 3 is 2.83 bits per heavy atom. The molecule has 8 heteroatoms. The quantitative estimate of drug-likeness (QED) is 0.904. The molecule has 0 radical (unpaired) electrons. The van der Waals surface area contributed by atoms with Gasteiger partial charge in [0.05, 0.1) is 13.1 Å². The Morgan fingerprint density at radius 2 is 2.13 bits per heavy atom. The average Bonchev–Trinajstić information content (AvgIpc) is 2.71. The van der Waals surface area contributed by atoms with Gasteiger partial charge in [-0.2, -0.15) is 4.98 Å². The predicted molar refractivity (Wildman–Crippen MR) is 76.0 cm³/mol. The van der Waals surface area contributed by atoms with Crippen LogP contribution in [0.4, 0.5) is 13.6 Å². The fourth-order valence-corrected chi connectivity index (χ4v) is 2.77. The highest BCUT2D eigenvalue weighted by Gasteiger charge is 2.36. The van der Waals surface area contributed by atoms with Crippen LogP contribution in [0.15, 0.2) is 12.1 Å². The van der Waals surface area contributed by atoms with Crippen LogP contribution in [0.5, 0.6) is 11.8 Å². The third-order valence-corrected chi connectivity index (χ3v) is 4.10. The molecular formula is C15H18F2N2O4. The van der Waals surface area contributed by atoms with Gasteiger partial charge in [0.15, 0.2) is 0 Å². The van der Waals surface area contributed by atoms with Crippen molar-refractivity contribution in [3.63, 3.8) is 0 Å². The maximum Gasteiger partial charge on any atom is 0.407 e. The molecule has 0 atom stereocenters. The van der Waals surface area contributed by atoms with E-state index in [2.05, 4.69) is 4.98 Å². The van der Waals surface area contributed by atoms with Gasteiger partial charge in [0, 0.05) is 24.5 Å². The fourth-order valence-electron chi connectivity index (χ4n) is 2.77. The molecule has 1 saturated carbocycles. The molecule has 3 rings (SSSR count). The van der Waals surface area contributed by atoms with Crippen molar-refractivity contribution in [1.82, 2.24) is 9.88 Å². The number of hydrogen-bond acceptors (Lipinski definition) is 4. The summed E-state index contributed by atoms with van der Waals surface area (Å²) in [6, 6.07) is 3.33. The fraction of sp³-hybridized carbons (Fsp3) is 0.600. The number of nitrogens with zero attached hydrogens (tertiary/aromatic N) is 2. The predicted octanol–water partition coefficient (Wildman–Crippen LogP) is 2.91. The van der Waals surface area contributed by atoms with Gasteiger partial charge in [0.2, 0.25) is 17.7 Å². The molecule has 0 aromatic carbocycles. The van der Waals surface area contributed by atoms with E-state index in [1.807, 2.05) is 0 Å². The summed E-state index contributed by atoms with van der Waals surface area (Å²) >= 11 is 0. The summed E-state index contributed by atoms with van der Waals surface area (Å²) in [5.74, 6) is -1.93. The lowest BCUT2D eigenvalue weighted by atomic mass is 9.94. The Labute approximate surface area is 132 Å². The van der Waals surface area contributed by atoms with Crippen molar-refractivity contribution in [3.8, 4) is 11.8 Å². The largest absolute Gasteiger partial charge is 0.475 e.